The van der Waals surface area contributed by atoms with Crippen LogP contribution >= 0.6 is 31.9 Å². The molecule has 53 heavy (non-hydrogen) atoms. The molecule has 1 saturated carbocycles. The zero-order valence-corrected chi connectivity index (χ0v) is 36.8. The number of fused-ring (bicyclic) bond motifs is 7. The summed E-state index contributed by atoms with van der Waals surface area (Å²) in [6, 6.07) is 12.6. The average molecular weight is 833 g/mol. The Morgan fingerprint density at radius 1 is 0.755 bits per heavy atom. The summed E-state index contributed by atoms with van der Waals surface area (Å²) >= 11 is 7.95. The molecule has 0 aromatic heterocycles. The highest BCUT2D eigenvalue weighted by Crippen LogP contribution is 2.69. The molecule has 0 radical (unpaired) electrons. The molecular weight excluding hydrogens is 772 g/mol. The summed E-state index contributed by atoms with van der Waals surface area (Å²) in [4.78, 5) is 0. The number of allylic oxidation sites excluding steroid dienone is 13. The van der Waals surface area contributed by atoms with Crippen LogP contribution in [0.2, 0.25) is 0 Å². The lowest BCUT2D eigenvalue weighted by Crippen LogP contribution is -2.34. The van der Waals surface area contributed by atoms with Gasteiger partial charge in [-0.05, 0) is 134 Å². The fraction of sp³-hybridized carbons (Fsp3) is 0.490. The molecule has 0 amide bonds. The first-order valence-corrected chi connectivity index (χ1v) is 22.3. The van der Waals surface area contributed by atoms with Crippen LogP contribution < -0.4 is 0 Å². The normalized spacial score (nSPS) is 28.3. The van der Waals surface area contributed by atoms with Gasteiger partial charge in [-0.1, -0.05) is 184 Å². The van der Waals surface area contributed by atoms with Gasteiger partial charge in [-0.3, -0.25) is 0 Å². The Balaban J connectivity index is 1.38. The number of unbranched alkanes of at least 4 members (excludes halogenated alkanes) is 4. The van der Waals surface area contributed by atoms with Crippen molar-refractivity contribution < 1.29 is 0 Å². The van der Waals surface area contributed by atoms with E-state index in [2.05, 4.69) is 154 Å². The minimum Gasteiger partial charge on any atom is -0.0989 e. The van der Waals surface area contributed by atoms with Gasteiger partial charge in [0.15, 0.2) is 0 Å². The van der Waals surface area contributed by atoms with Gasteiger partial charge in [0.05, 0.1) is 5.41 Å². The van der Waals surface area contributed by atoms with Crippen molar-refractivity contribution in [2.24, 2.45) is 28.6 Å². The van der Waals surface area contributed by atoms with Gasteiger partial charge in [0.1, 0.15) is 0 Å². The highest BCUT2D eigenvalue weighted by molar-refractivity contribution is 9.11. The third-order valence-electron chi connectivity index (χ3n) is 14.3. The molecule has 278 valence electrons. The van der Waals surface area contributed by atoms with Gasteiger partial charge >= 0.3 is 0 Å². The van der Waals surface area contributed by atoms with Crippen LogP contribution in [-0.2, 0) is 10.8 Å². The number of hydrogen-bond acceptors (Lipinski definition) is 0. The number of rotatable bonds is 9. The van der Waals surface area contributed by atoms with Gasteiger partial charge in [0.2, 0.25) is 0 Å². The van der Waals surface area contributed by atoms with E-state index >= 15 is 0 Å². The Morgan fingerprint density at radius 3 is 2.19 bits per heavy atom. The molecule has 2 aromatic carbocycles. The summed E-state index contributed by atoms with van der Waals surface area (Å²) in [7, 11) is 0. The molecular formula is C51H60Br2. The van der Waals surface area contributed by atoms with E-state index in [1.807, 2.05) is 0 Å². The van der Waals surface area contributed by atoms with Gasteiger partial charge < -0.3 is 0 Å². The first kappa shape index (κ1) is 37.5. The summed E-state index contributed by atoms with van der Waals surface area (Å²) in [5.41, 5.74) is 18.1. The molecule has 0 N–H and O–H groups in total. The lowest BCUT2D eigenvalue weighted by atomic mass is 9.61. The lowest BCUT2D eigenvalue weighted by Gasteiger charge is -2.42. The van der Waals surface area contributed by atoms with Crippen molar-refractivity contribution in [2.75, 3.05) is 0 Å². The number of hydrogen-bond donors (Lipinski definition) is 0. The lowest BCUT2D eigenvalue weighted by molar-refractivity contribution is 0.422. The maximum atomic E-state index is 4.94. The maximum Gasteiger partial charge on any atom is 0.0643 e. The van der Waals surface area contributed by atoms with Crippen LogP contribution in [0.3, 0.4) is 0 Å². The summed E-state index contributed by atoms with van der Waals surface area (Å²) in [6.07, 6.45) is 27.0. The molecule has 2 aromatic rings. The second-order valence-corrected chi connectivity index (χ2v) is 21.4. The molecule has 0 saturated heterocycles. The van der Waals surface area contributed by atoms with E-state index in [1.54, 1.807) is 22.3 Å². The van der Waals surface area contributed by atoms with Gasteiger partial charge in [0.25, 0.3) is 0 Å². The molecule has 0 spiro atoms. The van der Waals surface area contributed by atoms with Crippen LogP contribution in [0.5, 0.6) is 0 Å². The predicted octanol–water partition coefficient (Wildman–Crippen LogP) is 15.8. The topological polar surface area (TPSA) is 0 Å². The van der Waals surface area contributed by atoms with Gasteiger partial charge in [0, 0.05) is 15.8 Å². The van der Waals surface area contributed by atoms with Gasteiger partial charge in [-0.15, -0.1) is 0 Å². The highest BCUT2D eigenvalue weighted by atomic mass is 79.9. The van der Waals surface area contributed by atoms with Crippen LogP contribution in [0.4, 0.5) is 0 Å². The minimum atomic E-state index is -0.293. The number of halogens is 2. The smallest absolute Gasteiger partial charge is 0.0643 e. The van der Waals surface area contributed by atoms with Gasteiger partial charge in [-0.2, -0.15) is 0 Å². The van der Waals surface area contributed by atoms with E-state index in [0.717, 1.165) is 25.7 Å². The average Bonchev–Trinajstić information content (AvgIpc) is 3.81. The Hall–Kier alpha value is -2.42. The van der Waals surface area contributed by atoms with Crippen LogP contribution in [-0.4, -0.2) is 0 Å². The van der Waals surface area contributed by atoms with Crippen molar-refractivity contribution in [3.05, 3.63) is 132 Å². The van der Waals surface area contributed by atoms with Crippen molar-refractivity contribution >= 4 is 37.4 Å². The molecule has 0 heterocycles. The molecule has 0 bridgehead atoms. The van der Waals surface area contributed by atoms with E-state index in [-0.39, 0.29) is 21.7 Å². The van der Waals surface area contributed by atoms with Crippen LogP contribution in [0.1, 0.15) is 142 Å². The molecule has 6 aliphatic carbocycles. The van der Waals surface area contributed by atoms with E-state index in [4.69, 9.17) is 6.58 Å². The van der Waals surface area contributed by atoms with Crippen molar-refractivity contribution in [2.45, 2.75) is 130 Å². The third kappa shape index (κ3) is 5.93. The van der Waals surface area contributed by atoms with Crippen molar-refractivity contribution in [3.8, 4) is 11.1 Å². The first-order valence-electron chi connectivity index (χ1n) is 20.7. The second kappa shape index (κ2) is 13.4. The molecule has 8 rings (SSSR count). The van der Waals surface area contributed by atoms with Gasteiger partial charge in [-0.25, -0.2) is 0 Å². The maximum absolute atomic E-state index is 4.94. The first-order chi connectivity index (χ1) is 25.1. The summed E-state index contributed by atoms with van der Waals surface area (Å²) in [5.74, 6) is 1.61. The molecule has 1 fully saturated rings. The third-order valence-corrected chi connectivity index (χ3v) is 15.3. The van der Waals surface area contributed by atoms with Crippen molar-refractivity contribution in [1.29, 1.82) is 0 Å². The minimum absolute atomic E-state index is 0.112. The standard InChI is InChI=1S/C51H60Br2/c1-10-11-12-13-14-15-31(2)50(9)44-26-34(52)20-22-36(44)40-30-47-41(29-45(40)50)37-23-21-35(53)27-46(37)51(47,33-18-16-32(17-19-33)48(3,4)5)43-25-24-42(49(6,7)8)38-28-39(38)43/h16,18,20-25,27,29-30,38-39,44H,2,10-15,17,19,26,28H2,1,3-9H3. The van der Waals surface area contributed by atoms with E-state index < -0.39 is 0 Å². The zero-order valence-electron chi connectivity index (χ0n) is 33.6. The fourth-order valence-corrected chi connectivity index (χ4v) is 12.0. The van der Waals surface area contributed by atoms with Crippen LogP contribution in [0, 0.1) is 28.6 Å². The Labute approximate surface area is 338 Å². The predicted molar refractivity (Wildman–Crippen MR) is 235 cm³/mol. The molecule has 0 nitrogen and oxygen atoms in total. The molecule has 5 atom stereocenters. The Kier molecular flexibility index (Phi) is 9.45. The quantitative estimate of drug-likeness (QED) is 0.174. The summed E-state index contributed by atoms with van der Waals surface area (Å²) < 4.78 is 2.48. The Bertz CT molecular complexity index is 2080. The molecule has 2 heteroatoms. The second-order valence-electron chi connectivity index (χ2n) is 19.4. The SMILES string of the molecule is C=C(CCCCCCC)C1(C)c2cc3c(cc2C2=CC=C(Br)CC21)C(C1=CC=C(C(C)(C)C)CC1)(C1=CC=C(C(C)(C)C)C2CC12)c1cc(Br)ccc1-3. The molecule has 5 unspecified atom stereocenters. The highest BCUT2D eigenvalue weighted by Gasteiger charge is 2.59. The Morgan fingerprint density at radius 2 is 1.49 bits per heavy atom. The van der Waals surface area contributed by atoms with Crippen LogP contribution in [0.15, 0.2) is 110 Å². The van der Waals surface area contributed by atoms with E-state index in [1.165, 1.54) is 92.0 Å². The monoisotopic (exact) mass is 830 g/mol. The fourth-order valence-electron chi connectivity index (χ4n) is 11.2. The summed E-state index contributed by atoms with van der Waals surface area (Å²) in [5, 5.41) is 0. The molecule has 6 aliphatic rings. The largest absolute Gasteiger partial charge is 0.0989 e. The van der Waals surface area contributed by atoms with Crippen molar-refractivity contribution in [3.63, 3.8) is 0 Å². The van der Waals surface area contributed by atoms with Crippen LogP contribution in [0.25, 0.3) is 16.7 Å². The summed E-state index contributed by atoms with van der Waals surface area (Å²) in [6.45, 7) is 24.1. The molecule has 0 aliphatic heterocycles. The zero-order chi connectivity index (χ0) is 37.7. The van der Waals surface area contributed by atoms with Crippen molar-refractivity contribution in [1.82, 2.24) is 0 Å². The van der Waals surface area contributed by atoms with E-state index in [9.17, 15) is 0 Å². The number of benzene rings is 2. The van der Waals surface area contributed by atoms with E-state index in [0.29, 0.717) is 17.8 Å².